The van der Waals surface area contributed by atoms with Crippen molar-refractivity contribution < 1.29 is 14.6 Å². The van der Waals surface area contributed by atoms with E-state index in [0.717, 1.165) is 10.0 Å². The minimum atomic E-state index is -1.08. The molecule has 1 atom stereocenters. The number of carbonyl (C=O) groups is 1. The summed E-state index contributed by atoms with van der Waals surface area (Å²) in [6, 6.07) is 5.41. The fraction of sp³-hybridized carbons (Fsp3) is 0.300. The van der Waals surface area contributed by atoms with Crippen LogP contribution in [0.1, 0.15) is 5.56 Å². The van der Waals surface area contributed by atoms with Crippen LogP contribution in [0.4, 0.5) is 0 Å². The number of ether oxygens (including phenoxy) is 1. The number of aliphatic carboxylic acids is 1. The van der Waals surface area contributed by atoms with E-state index >= 15 is 0 Å². The van der Waals surface area contributed by atoms with Crippen molar-refractivity contribution in [3.8, 4) is 5.75 Å². The Bertz CT molecular complexity index is 368. The molecule has 0 radical (unpaired) electrons. The summed E-state index contributed by atoms with van der Waals surface area (Å²) in [4.78, 5) is 10.4. The predicted octanol–water partition coefficient (Wildman–Crippen LogP) is 2.83. The van der Waals surface area contributed by atoms with Gasteiger partial charge in [-0.25, -0.2) is 0 Å². The van der Waals surface area contributed by atoms with Crippen molar-refractivity contribution in [1.82, 2.24) is 0 Å². The summed E-state index contributed by atoms with van der Waals surface area (Å²) < 4.78 is 6.21. The Hall–Kier alpha value is -0.740. The fourth-order valence-electron chi connectivity index (χ4n) is 0.948. The predicted molar refractivity (Wildman–Crippen MR) is 61.7 cm³/mol. The lowest BCUT2D eigenvalue weighted by Crippen LogP contribution is -2.21. The van der Waals surface area contributed by atoms with E-state index in [1.807, 2.05) is 19.1 Å². The number of carboxylic acids is 1. The van der Waals surface area contributed by atoms with Crippen molar-refractivity contribution in [2.24, 2.45) is 0 Å². The van der Waals surface area contributed by atoms with Crippen molar-refractivity contribution >= 4 is 33.5 Å². The topological polar surface area (TPSA) is 46.5 Å². The summed E-state index contributed by atoms with van der Waals surface area (Å²) in [6.45, 7) is 1.88. The number of hydrogen-bond donors (Lipinski definition) is 1. The van der Waals surface area contributed by atoms with E-state index in [9.17, 15) is 4.79 Å². The molecule has 1 aromatic carbocycles. The first-order valence-electron chi connectivity index (χ1n) is 4.26. The highest BCUT2D eigenvalue weighted by molar-refractivity contribution is 9.10. The Morgan fingerprint density at radius 1 is 1.67 bits per heavy atom. The summed E-state index contributed by atoms with van der Waals surface area (Å²) in [6.07, 6.45) is 0. The molecule has 0 aliphatic carbocycles. The fourth-order valence-corrected chi connectivity index (χ4v) is 1.26. The van der Waals surface area contributed by atoms with Crippen molar-refractivity contribution in [3.05, 3.63) is 28.2 Å². The lowest BCUT2D eigenvalue weighted by Gasteiger charge is -2.09. The second-order valence-electron chi connectivity index (χ2n) is 3.03. The lowest BCUT2D eigenvalue weighted by molar-refractivity contribution is -0.137. The first-order valence-corrected chi connectivity index (χ1v) is 5.49. The standard InChI is InChI=1S/C10H10BrClO3/c1-6-4-7(2-3-8(6)11)15-5-9(12)10(13)14/h2-4,9H,5H2,1H3,(H,13,14). The molecule has 0 bridgehead atoms. The van der Waals surface area contributed by atoms with Crippen LogP contribution in [0.3, 0.4) is 0 Å². The Kier molecular flexibility index (Phi) is 4.42. The van der Waals surface area contributed by atoms with Gasteiger partial charge in [-0.2, -0.15) is 0 Å². The highest BCUT2D eigenvalue weighted by Crippen LogP contribution is 2.21. The van der Waals surface area contributed by atoms with Crippen LogP contribution in [0.5, 0.6) is 5.75 Å². The van der Waals surface area contributed by atoms with E-state index in [2.05, 4.69) is 15.9 Å². The minimum Gasteiger partial charge on any atom is -0.491 e. The maximum absolute atomic E-state index is 10.4. The van der Waals surface area contributed by atoms with Gasteiger partial charge < -0.3 is 9.84 Å². The second kappa shape index (κ2) is 5.37. The molecule has 1 rings (SSSR count). The third-order valence-corrected chi connectivity index (χ3v) is 3.00. The van der Waals surface area contributed by atoms with Gasteiger partial charge in [-0.05, 0) is 30.7 Å². The third kappa shape index (κ3) is 3.72. The Labute approximate surface area is 101 Å². The molecule has 1 aromatic rings. The molecule has 0 fully saturated rings. The van der Waals surface area contributed by atoms with Crippen molar-refractivity contribution in [2.75, 3.05) is 6.61 Å². The highest BCUT2D eigenvalue weighted by atomic mass is 79.9. The van der Waals surface area contributed by atoms with Gasteiger partial charge in [-0.3, -0.25) is 4.79 Å². The second-order valence-corrected chi connectivity index (χ2v) is 4.41. The van der Waals surface area contributed by atoms with Gasteiger partial charge in [0.2, 0.25) is 0 Å². The maximum Gasteiger partial charge on any atom is 0.325 e. The summed E-state index contributed by atoms with van der Waals surface area (Å²) in [7, 11) is 0. The molecular weight excluding hydrogens is 283 g/mol. The van der Waals surface area contributed by atoms with Crippen LogP contribution in [-0.2, 0) is 4.79 Å². The van der Waals surface area contributed by atoms with E-state index in [4.69, 9.17) is 21.4 Å². The molecule has 0 spiro atoms. The number of carboxylic acid groups (broad SMARTS) is 1. The van der Waals surface area contributed by atoms with Crippen LogP contribution in [0.15, 0.2) is 22.7 Å². The molecule has 0 saturated heterocycles. The summed E-state index contributed by atoms with van der Waals surface area (Å²) in [5.74, 6) is -0.465. The van der Waals surface area contributed by atoms with Gasteiger partial charge in [0.25, 0.3) is 0 Å². The average molecular weight is 294 g/mol. The van der Waals surface area contributed by atoms with Crippen LogP contribution in [0.2, 0.25) is 0 Å². The molecule has 1 N–H and O–H groups in total. The lowest BCUT2D eigenvalue weighted by atomic mass is 10.2. The molecule has 3 nitrogen and oxygen atoms in total. The SMILES string of the molecule is Cc1cc(OCC(Cl)C(=O)O)ccc1Br. The van der Waals surface area contributed by atoms with Crippen LogP contribution in [-0.4, -0.2) is 23.1 Å². The van der Waals surface area contributed by atoms with E-state index in [1.165, 1.54) is 0 Å². The largest absolute Gasteiger partial charge is 0.491 e. The molecule has 5 heteroatoms. The molecule has 0 aliphatic heterocycles. The number of halogens is 2. The number of alkyl halides is 1. The quantitative estimate of drug-likeness (QED) is 0.868. The summed E-state index contributed by atoms with van der Waals surface area (Å²) in [5, 5.41) is 7.52. The first-order chi connectivity index (χ1) is 7.00. The van der Waals surface area contributed by atoms with Gasteiger partial charge in [-0.15, -0.1) is 11.6 Å². The van der Waals surface area contributed by atoms with Gasteiger partial charge in [0.1, 0.15) is 12.4 Å². The molecule has 0 heterocycles. The Balaban J connectivity index is 2.58. The van der Waals surface area contributed by atoms with Crippen LogP contribution in [0.25, 0.3) is 0 Å². The Morgan fingerprint density at radius 2 is 2.33 bits per heavy atom. The third-order valence-electron chi connectivity index (χ3n) is 1.79. The van der Waals surface area contributed by atoms with Gasteiger partial charge >= 0.3 is 5.97 Å². The van der Waals surface area contributed by atoms with Crippen molar-refractivity contribution in [3.63, 3.8) is 0 Å². The zero-order valence-corrected chi connectivity index (χ0v) is 10.4. The van der Waals surface area contributed by atoms with Gasteiger partial charge in [0, 0.05) is 4.47 Å². The van der Waals surface area contributed by atoms with Gasteiger partial charge in [0.15, 0.2) is 5.38 Å². The van der Waals surface area contributed by atoms with E-state index in [0.29, 0.717) is 5.75 Å². The summed E-state index contributed by atoms with van der Waals surface area (Å²) in [5.41, 5.74) is 1.02. The zero-order chi connectivity index (χ0) is 11.4. The molecule has 0 aromatic heterocycles. The molecule has 0 saturated carbocycles. The smallest absolute Gasteiger partial charge is 0.325 e. The van der Waals surface area contributed by atoms with Crippen molar-refractivity contribution in [1.29, 1.82) is 0 Å². The molecular formula is C10H10BrClO3. The number of hydrogen-bond acceptors (Lipinski definition) is 2. The summed E-state index contributed by atoms with van der Waals surface area (Å²) >= 11 is 8.86. The molecule has 1 unspecified atom stereocenters. The number of aryl methyl sites for hydroxylation is 1. The van der Waals surface area contributed by atoms with Crippen molar-refractivity contribution in [2.45, 2.75) is 12.3 Å². The van der Waals surface area contributed by atoms with Crippen LogP contribution < -0.4 is 4.74 Å². The molecule has 0 aliphatic rings. The monoisotopic (exact) mass is 292 g/mol. The average Bonchev–Trinajstić information content (AvgIpc) is 2.19. The van der Waals surface area contributed by atoms with Gasteiger partial charge in [0.05, 0.1) is 0 Å². The van der Waals surface area contributed by atoms with Crippen LogP contribution in [0, 0.1) is 6.92 Å². The van der Waals surface area contributed by atoms with E-state index < -0.39 is 11.3 Å². The van der Waals surface area contributed by atoms with Crippen LogP contribution >= 0.6 is 27.5 Å². The minimum absolute atomic E-state index is 0.0437. The normalized spacial score (nSPS) is 12.2. The molecule has 0 amide bonds. The maximum atomic E-state index is 10.4. The zero-order valence-electron chi connectivity index (χ0n) is 8.04. The molecule has 82 valence electrons. The first kappa shape index (κ1) is 12.3. The van der Waals surface area contributed by atoms with Gasteiger partial charge in [-0.1, -0.05) is 15.9 Å². The van der Waals surface area contributed by atoms with E-state index in [-0.39, 0.29) is 6.61 Å². The number of rotatable bonds is 4. The number of benzene rings is 1. The van der Waals surface area contributed by atoms with E-state index in [1.54, 1.807) is 6.07 Å². The highest BCUT2D eigenvalue weighted by Gasteiger charge is 2.14. The Morgan fingerprint density at radius 3 is 2.87 bits per heavy atom. The molecule has 15 heavy (non-hydrogen) atoms.